The number of carbonyl (C=O) groups is 2. The van der Waals surface area contributed by atoms with Crippen molar-refractivity contribution < 1.29 is 14.3 Å². The Bertz CT molecular complexity index is 861. The predicted octanol–water partition coefficient (Wildman–Crippen LogP) is 4.89. The molecule has 2 rings (SSSR count). The molecule has 0 saturated carbocycles. The molecule has 0 fully saturated rings. The molecule has 2 aromatic rings. The van der Waals surface area contributed by atoms with Crippen LogP contribution in [0, 0.1) is 6.92 Å². The molecule has 0 aliphatic carbocycles. The zero-order chi connectivity index (χ0) is 21.6. The summed E-state index contributed by atoms with van der Waals surface area (Å²) in [5.74, 6) is 0.946. The fraction of sp³-hybridized carbons (Fsp3) is 0.417. The monoisotopic (exact) mass is 396 g/mol. The van der Waals surface area contributed by atoms with Crippen LogP contribution >= 0.6 is 0 Å². The van der Waals surface area contributed by atoms with Gasteiger partial charge in [-0.25, -0.2) is 0 Å². The molecule has 0 aliphatic heterocycles. The van der Waals surface area contributed by atoms with E-state index in [9.17, 15) is 9.59 Å². The molecule has 0 aromatic heterocycles. The van der Waals surface area contributed by atoms with Crippen molar-refractivity contribution in [1.82, 2.24) is 4.90 Å². The first kappa shape index (κ1) is 22.5. The third-order valence-electron chi connectivity index (χ3n) is 4.94. The van der Waals surface area contributed by atoms with Crippen LogP contribution in [0.5, 0.6) is 5.75 Å². The van der Waals surface area contributed by atoms with Gasteiger partial charge in [0, 0.05) is 25.7 Å². The van der Waals surface area contributed by atoms with E-state index in [1.54, 1.807) is 18.7 Å². The van der Waals surface area contributed by atoms with Gasteiger partial charge in [-0.1, -0.05) is 32.0 Å². The minimum Gasteiger partial charge on any atom is -0.481 e. The number of hydrogen-bond donors (Lipinski definition) is 1. The molecule has 1 atom stereocenters. The van der Waals surface area contributed by atoms with Gasteiger partial charge in [0.05, 0.1) is 0 Å². The van der Waals surface area contributed by atoms with Crippen LogP contribution in [0.1, 0.15) is 57.2 Å². The molecule has 0 bridgehead atoms. The lowest BCUT2D eigenvalue weighted by molar-refractivity contribution is -0.129. The van der Waals surface area contributed by atoms with E-state index in [1.165, 1.54) is 5.56 Å². The minimum atomic E-state index is -0.632. The topological polar surface area (TPSA) is 58.6 Å². The predicted molar refractivity (Wildman–Crippen MR) is 117 cm³/mol. The Labute approximate surface area is 174 Å². The maximum Gasteiger partial charge on any atom is 0.265 e. The van der Waals surface area contributed by atoms with Crippen LogP contribution in [0.4, 0.5) is 5.69 Å². The number of rotatable bonds is 8. The van der Waals surface area contributed by atoms with Gasteiger partial charge in [0.2, 0.25) is 5.91 Å². The van der Waals surface area contributed by atoms with Crippen LogP contribution in [0.2, 0.25) is 0 Å². The normalized spacial score (nSPS) is 11.8. The lowest BCUT2D eigenvalue weighted by Crippen LogP contribution is -2.30. The summed E-state index contributed by atoms with van der Waals surface area (Å²) in [7, 11) is 0. The van der Waals surface area contributed by atoms with Crippen LogP contribution in [-0.2, 0) is 16.1 Å². The van der Waals surface area contributed by atoms with Crippen molar-refractivity contribution in [3.63, 3.8) is 0 Å². The number of anilines is 1. The Balaban J connectivity index is 2.01. The molecule has 0 saturated heterocycles. The minimum absolute atomic E-state index is 0.0303. The molecule has 0 radical (unpaired) electrons. The van der Waals surface area contributed by atoms with E-state index in [4.69, 9.17) is 4.74 Å². The summed E-state index contributed by atoms with van der Waals surface area (Å²) >= 11 is 0. The van der Waals surface area contributed by atoms with Crippen molar-refractivity contribution in [3.8, 4) is 5.75 Å². The van der Waals surface area contributed by atoms with E-state index in [-0.39, 0.29) is 11.8 Å². The first-order chi connectivity index (χ1) is 13.7. The highest BCUT2D eigenvalue weighted by molar-refractivity contribution is 5.94. The van der Waals surface area contributed by atoms with E-state index in [1.807, 2.05) is 43.3 Å². The van der Waals surface area contributed by atoms with Gasteiger partial charge in [0.1, 0.15) is 5.75 Å². The summed E-state index contributed by atoms with van der Waals surface area (Å²) in [6.07, 6.45) is -0.632. The van der Waals surface area contributed by atoms with Gasteiger partial charge >= 0.3 is 0 Å². The van der Waals surface area contributed by atoms with Gasteiger partial charge in [-0.3, -0.25) is 9.59 Å². The molecule has 156 valence electrons. The Morgan fingerprint density at radius 2 is 1.83 bits per heavy atom. The number of nitrogens with zero attached hydrogens (tertiary/aromatic N) is 1. The van der Waals surface area contributed by atoms with E-state index >= 15 is 0 Å². The van der Waals surface area contributed by atoms with Gasteiger partial charge in [-0.05, 0) is 67.6 Å². The highest BCUT2D eigenvalue weighted by Gasteiger charge is 2.16. The number of aryl methyl sites for hydroxylation is 1. The fourth-order valence-electron chi connectivity index (χ4n) is 3.28. The van der Waals surface area contributed by atoms with Crippen LogP contribution in [0.3, 0.4) is 0 Å². The van der Waals surface area contributed by atoms with Crippen molar-refractivity contribution in [2.75, 3.05) is 11.9 Å². The van der Waals surface area contributed by atoms with Crippen LogP contribution < -0.4 is 10.1 Å². The van der Waals surface area contributed by atoms with E-state index in [0.29, 0.717) is 30.4 Å². The Kier molecular flexibility index (Phi) is 7.82. The molecule has 0 aliphatic rings. The molecule has 5 heteroatoms. The van der Waals surface area contributed by atoms with Crippen molar-refractivity contribution in [3.05, 3.63) is 59.2 Å². The highest BCUT2D eigenvalue weighted by atomic mass is 16.5. The first-order valence-corrected chi connectivity index (χ1v) is 10.1. The Morgan fingerprint density at radius 1 is 1.10 bits per heavy atom. The number of carbonyl (C=O) groups excluding carboxylic acids is 2. The van der Waals surface area contributed by atoms with Crippen molar-refractivity contribution in [2.24, 2.45) is 0 Å². The zero-order valence-electron chi connectivity index (χ0n) is 18.3. The number of ether oxygens (including phenoxy) is 1. The lowest BCUT2D eigenvalue weighted by Gasteiger charge is -2.20. The smallest absolute Gasteiger partial charge is 0.265 e. The van der Waals surface area contributed by atoms with Crippen molar-refractivity contribution in [1.29, 1.82) is 0 Å². The second-order valence-electron chi connectivity index (χ2n) is 7.66. The summed E-state index contributed by atoms with van der Waals surface area (Å²) < 4.78 is 5.84. The van der Waals surface area contributed by atoms with E-state index in [2.05, 4.69) is 32.2 Å². The number of hydrogen-bond acceptors (Lipinski definition) is 3. The molecule has 1 N–H and O–H groups in total. The average Bonchev–Trinajstić information content (AvgIpc) is 2.65. The molecular weight excluding hydrogens is 364 g/mol. The van der Waals surface area contributed by atoms with Crippen molar-refractivity contribution >= 4 is 17.5 Å². The molecule has 29 heavy (non-hydrogen) atoms. The van der Waals surface area contributed by atoms with Gasteiger partial charge < -0.3 is 15.0 Å². The largest absolute Gasteiger partial charge is 0.481 e. The first-order valence-electron chi connectivity index (χ1n) is 10.1. The summed E-state index contributed by atoms with van der Waals surface area (Å²) in [4.78, 5) is 25.9. The summed E-state index contributed by atoms with van der Waals surface area (Å²) in [6, 6.07) is 13.5. The SMILES string of the molecule is CCN(Cc1cccc(NC(=O)C(C)Oc2ccc(C(C)C)c(C)c2)c1)C(C)=O. The summed E-state index contributed by atoms with van der Waals surface area (Å²) in [5.41, 5.74) is 4.09. The van der Waals surface area contributed by atoms with Gasteiger partial charge in [0.25, 0.3) is 5.91 Å². The van der Waals surface area contributed by atoms with Crippen LogP contribution in [0.15, 0.2) is 42.5 Å². The third-order valence-corrected chi connectivity index (χ3v) is 4.94. The van der Waals surface area contributed by atoms with Crippen LogP contribution in [0.25, 0.3) is 0 Å². The number of benzene rings is 2. The third kappa shape index (κ3) is 6.34. The Hall–Kier alpha value is -2.82. The standard InChI is InChI=1S/C24H32N2O3/c1-7-26(19(6)27)15-20-9-8-10-21(14-20)25-24(28)18(5)29-22-11-12-23(16(2)3)17(4)13-22/h8-14,16,18H,7,15H2,1-6H3,(H,25,28). The summed E-state index contributed by atoms with van der Waals surface area (Å²) in [6.45, 7) is 12.8. The average molecular weight is 397 g/mol. The second-order valence-corrected chi connectivity index (χ2v) is 7.66. The number of amides is 2. The molecule has 1 unspecified atom stereocenters. The molecular formula is C24H32N2O3. The highest BCUT2D eigenvalue weighted by Crippen LogP contribution is 2.24. The van der Waals surface area contributed by atoms with Gasteiger partial charge in [-0.2, -0.15) is 0 Å². The maximum absolute atomic E-state index is 12.6. The van der Waals surface area contributed by atoms with Gasteiger partial charge in [-0.15, -0.1) is 0 Å². The number of nitrogens with one attached hydrogen (secondary N) is 1. The van der Waals surface area contributed by atoms with E-state index in [0.717, 1.165) is 11.1 Å². The molecule has 5 nitrogen and oxygen atoms in total. The Morgan fingerprint density at radius 3 is 2.41 bits per heavy atom. The lowest BCUT2D eigenvalue weighted by atomic mass is 9.98. The van der Waals surface area contributed by atoms with Crippen molar-refractivity contribution in [2.45, 2.75) is 60.1 Å². The molecule has 0 heterocycles. The van der Waals surface area contributed by atoms with Crippen LogP contribution in [-0.4, -0.2) is 29.4 Å². The molecule has 0 spiro atoms. The molecule has 2 amide bonds. The summed E-state index contributed by atoms with van der Waals surface area (Å²) in [5, 5.41) is 2.90. The molecule has 2 aromatic carbocycles. The maximum atomic E-state index is 12.6. The zero-order valence-corrected chi connectivity index (χ0v) is 18.3. The van der Waals surface area contributed by atoms with E-state index < -0.39 is 6.10 Å². The van der Waals surface area contributed by atoms with Gasteiger partial charge in [0.15, 0.2) is 6.10 Å². The fourth-order valence-corrected chi connectivity index (χ4v) is 3.28. The quantitative estimate of drug-likeness (QED) is 0.691. The second kappa shape index (κ2) is 10.1.